The summed E-state index contributed by atoms with van der Waals surface area (Å²) < 4.78 is 0. The summed E-state index contributed by atoms with van der Waals surface area (Å²) in [5.74, 6) is 1.75. The molecule has 1 aromatic rings. The largest absolute Gasteiger partial charge is 0.342 e. The van der Waals surface area contributed by atoms with Gasteiger partial charge in [0.25, 0.3) is 0 Å². The van der Waals surface area contributed by atoms with Crippen molar-refractivity contribution in [1.29, 1.82) is 0 Å². The number of hydrogen-bond donors (Lipinski definition) is 1. The first-order valence-corrected chi connectivity index (χ1v) is 7.21. The topological polar surface area (TPSA) is 45.2 Å². The minimum atomic E-state index is 0.288. The fourth-order valence-corrected chi connectivity index (χ4v) is 3.20. The summed E-state index contributed by atoms with van der Waals surface area (Å²) in [5, 5.41) is 3.43. The highest BCUT2D eigenvalue weighted by Crippen LogP contribution is 2.26. The lowest BCUT2D eigenvalue weighted by Crippen LogP contribution is -2.43. The van der Waals surface area contributed by atoms with Crippen molar-refractivity contribution in [3.8, 4) is 0 Å². The quantitative estimate of drug-likeness (QED) is 0.883. The number of hydrogen-bond acceptors (Lipinski definition) is 3. The van der Waals surface area contributed by atoms with Gasteiger partial charge in [0.1, 0.15) is 0 Å². The van der Waals surface area contributed by atoms with Crippen LogP contribution in [0, 0.1) is 11.8 Å². The van der Waals surface area contributed by atoms with Gasteiger partial charge in [-0.25, -0.2) is 0 Å². The molecule has 0 spiro atoms. The Morgan fingerprint density at radius 2 is 2.26 bits per heavy atom. The Balaban J connectivity index is 1.50. The van der Waals surface area contributed by atoms with E-state index in [0.29, 0.717) is 12.3 Å². The van der Waals surface area contributed by atoms with Crippen molar-refractivity contribution in [3.63, 3.8) is 0 Å². The molecular formula is C15H21N3O. The lowest BCUT2D eigenvalue weighted by atomic mass is 9.88. The monoisotopic (exact) mass is 259 g/mol. The van der Waals surface area contributed by atoms with Gasteiger partial charge in [-0.2, -0.15) is 0 Å². The van der Waals surface area contributed by atoms with Crippen molar-refractivity contribution in [2.45, 2.75) is 19.3 Å². The molecule has 3 heterocycles. The molecule has 1 aromatic heterocycles. The number of rotatable bonds is 3. The molecule has 0 aromatic carbocycles. The molecule has 2 unspecified atom stereocenters. The van der Waals surface area contributed by atoms with Crippen LogP contribution >= 0.6 is 0 Å². The average molecular weight is 259 g/mol. The lowest BCUT2D eigenvalue weighted by molar-refractivity contribution is -0.133. The number of piperidine rings is 1. The van der Waals surface area contributed by atoms with Crippen LogP contribution in [0.1, 0.15) is 18.5 Å². The zero-order valence-electron chi connectivity index (χ0n) is 11.2. The van der Waals surface area contributed by atoms with E-state index in [1.54, 1.807) is 6.20 Å². The average Bonchev–Trinajstić information content (AvgIpc) is 2.93. The molecule has 0 saturated carbocycles. The fourth-order valence-electron chi connectivity index (χ4n) is 3.20. The number of nitrogens with zero attached hydrogens (tertiary/aromatic N) is 2. The van der Waals surface area contributed by atoms with Gasteiger partial charge < -0.3 is 10.2 Å². The lowest BCUT2D eigenvalue weighted by Gasteiger charge is -2.34. The number of amides is 1. The van der Waals surface area contributed by atoms with Crippen LogP contribution in [0.2, 0.25) is 0 Å². The first-order chi connectivity index (χ1) is 9.33. The standard InChI is InChI=1S/C15H21N3O/c19-15(5-4-14-3-1-2-7-17-14)18-8-6-12-9-16-10-13(12)11-18/h1-3,7,12-13,16H,4-6,8-11H2. The molecule has 3 rings (SSSR count). The third-order valence-electron chi connectivity index (χ3n) is 4.38. The third kappa shape index (κ3) is 2.95. The van der Waals surface area contributed by atoms with E-state index >= 15 is 0 Å². The molecule has 4 nitrogen and oxygen atoms in total. The molecular weight excluding hydrogens is 238 g/mol. The predicted octanol–water partition coefficient (Wildman–Crippen LogP) is 1.08. The van der Waals surface area contributed by atoms with Crippen LogP contribution in [0.4, 0.5) is 0 Å². The number of nitrogens with one attached hydrogen (secondary N) is 1. The Morgan fingerprint density at radius 3 is 3.11 bits per heavy atom. The molecule has 0 radical (unpaired) electrons. The minimum Gasteiger partial charge on any atom is -0.342 e. The van der Waals surface area contributed by atoms with Crippen molar-refractivity contribution < 1.29 is 4.79 Å². The summed E-state index contributed by atoms with van der Waals surface area (Å²) in [6.07, 6.45) is 4.28. The molecule has 2 atom stereocenters. The smallest absolute Gasteiger partial charge is 0.222 e. The van der Waals surface area contributed by atoms with Gasteiger partial charge in [-0.05, 0) is 49.9 Å². The number of aromatic nitrogens is 1. The van der Waals surface area contributed by atoms with Gasteiger partial charge in [-0.3, -0.25) is 9.78 Å². The summed E-state index contributed by atoms with van der Waals surface area (Å²) in [7, 11) is 0. The Morgan fingerprint density at radius 1 is 1.37 bits per heavy atom. The van der Waals surface area contributed by atoms with Crippen molar-refractivity contribution in [2.24, 2.45) is 11.8 Å². The number of fused-ring (bicyclic) bond motifs is 1. The molecule has 1 amide bonds. The second-order valence-corrected chi connectivity index (χ2v) is 5.63. The van der Waals surface area contributed by atoms with Crippen LogP contribution in [0.15, 0.2) is 24.4 Å². The van der Waals surface area contributed by atoms with Crippen molar-refractivity contribution in [1.82, 2.24) is 15.2 Å². The van der Waals surface area contributed by atoms with E-state index in [1.807, 2.05) is 18.2 Å². The van der Waals surface area contributed by atoms with E-state index in [0.717, 1.165) is 50.6 Å². The number of likely N-dealkylation sites (tertiary alicyclic amines) is 1. The van der Waals surface area contributed by atoms with Crippen LogP contribution in [-0.2, 0) is 11.2 Å². The van der Waals surface area contributed by atoms with E-state index in [1.165, 1.54) is 0 Å². The number of carbonyl (C=O) groups excluding carboxylic acids is 1. The minimum absolute atomic E-state index is 0.288. The van der Waals surface area contributed by atoms with Crippen molar-refractivity contribution >= 4 is 5.91 Å². The maximum absolute atomic E-state index is 12.2. The highest BCUT2D eigenvalue weighted by atomic mass is 16.2. The number of pyridine rings is 1. The Kier molecular flexibility index (Phi) is 3.78. The highest BCUT2D eigenvalue weighted by Gasteiger charge is 2.34. The Labute approximate surface area is 114 Å². The second-order valence-electron chi connectivity index (χ2n) is 5.63. The van der Waals surface area contributed by atoms with Crippen LogP contribution < -0.4 is 5.32 Å². The molecule has 2 aliphatic heterocycles. The summed E-state index contributed by atoms with van der Waals surface area (Å²) in [6, 6.07) is 5.87. The molecule has 1 N–H and O–H groups in total. The van der Waals surface area contributed by atoms with Crippen LogP contribution in [0.3, 0.4) is 0 Å². The zero-order chi connectivity index (χ0) is 13.1. The van der Waals surface area contributed by atoms with E-state index in [9.17, 15) is 4.79 Å². The van der Waals surface area contributed by atoms with Crippen molar-refractivity contribution in [3.05, 3.63) is 30.1 Å². The summed E-state index contributed by atoms with van der Waals surface area (Å²) in [5.41, 5.74) is 1.01. The van der Waals surface area contributed by atoms with Gasteiger partial charge >= 0.3 is 0 Å². The maximum Gasteiger partial charge on any atom is 0.222 e. The number of aryl methyl sites for hydroxylation is 1. The molecule has 2 saturated heterocycles. The third-order valence-corrected chi connectivity index (χ3v) is 4.38. The van der Waals surface area contributed by atoms with Gasteiger partial charge in [-0.1, -0.05) is 6.07 Å². The molecule has 2 aliphatic rings. The first-order valence-electron chi connectivity index (χ1n) is 7.21. The van der Waals surface area contributed by atoms with Gasteiger partial charge in [0.05, 0.1) is 0 Å². The van der Waals surface area contributed by atoms with Crippen LogP contribution in [0.25, 0.3) is 0 Å². The fraction of sp³-hybridized carbons (Fsp3) is 0.600. The number of carbonyl (C=O) groups is 1. The molecule has 0 aliphatic carbocycles. The van der Waals surface area contributed by atoms with Crippen LogP contribution in [-0.4, -0.2) is 42.0 Å². The van der Waals surface area contributed by atoms with Gasteiger partial charge in [0, 0.05) is 31.4 Å². The molecule has 2 fully saturated rings. The first kappa shape index (κ1) is 12.6. The highest BCUT2D eigenvalue weighted by molar-refractivity contribution is 5.76. The summed E-state index contributed by atoms with van der Waals surface area (Å²) >= 11 is 0. The van der Waals surface area contributed by atoms with Crippen molar-refractivity contribution in [2.75, 3.05) is 26.2 Å². The maximum atomic E-state index is 12.2. The van der Waals surface area contributed by atoms with Gasteiger partial charge in [0.15, 0.2) is 0 Å². The zero-order valence-corrected chi connectivity index (χ0v) is 11.2. The molecule has 102 valence electrons. The SMILES string of the molecule is O=C(CCc1ccccn1)N1CCC2CNCC2C1. The molecule has 0 bridgehead atoms. The van der Waals surface area contributed by atoms with Crippen LogP contribution in [0.5, 0.6) is 0 Å². The van der Waals surface area contributed by atoms with E-state index in [2.05, 4.69) is 15.2 Å². The molecule has 19 heavy (non-hydrogen) atoms. The predicted molar refractivity (Wildman–Crippen MR) is 73.6 cm³/mol. The Hall–Kier alpha value is -1.42. The summed E-state index contributed by atoms with van der Waals surface area (Å²) in [6.45, 7) is 4.10. The van der Waals surface area contributed by atoms with Gasteiger partial charge in [-0.15, -0.1) is 0 Å². The van der Waals surface area contributed by atoms with E-state index < -0.39 is 0 Å². The normalized spacial score (nSPS) is 26.2. The second kappa shape index (κ2) is 5.70. The van der Waals surface area contributed by atoms with E-state index in [-0.39, 0.29) is 5.91 Å². The Bertz CT molecular complexity index is 434. The molecule has 4 heteroatoms. The summed E-state index contributed by atoms with van der Waals surface area (Å²) in [4.78, 5) is 18.6. The van der Waals surface area contributed by atoms with E-state index in [4.69, 9.17) is 0 Å². The van der Waals surface area contributed by atoms with Gasteiger partial charge in [0.2, 0.25) is 5.91 Å².